The Balaban J connectivity index is 2.19. The van der Waals surface area contributed by atoms with Crippen LogP contribution in [0.3, 0.4) is 0 Å². The van der Waals surface area contributed by atoms with Crippen molar-refractivity contribution >= 4 is 0 Å². The van der Waals surface area contributed by atoms with E-state index < -0.39 is 0 Å². The van der Waals surface area contributed by atoms with Gasteiger partial charge in [-0.3, -0.25) is 0 Å². The maximum atomic E-state index is 6.54. The second kappa shape index (κ2) is 2.96. The van der Waals surface area contributed by atoms with Crippen molar-refractivity contribution in [3.8, 4) is 0 Å². The molecule has 0 aromatic heterocycles. The van der Waals surface area contributed by atoms with Gasteiger partial charge in [0.05, 0.1) is 0 Å². The predicted molar refractivity (Wildman–Crippen MR) is 19.6 cm³/mol. The molecule has 1 N–H and O–H groups in total. The van der Waals surface area contributed by atoms with E-state index in [2.05, 4.69) is 5.32 Å². The van der Waals surface area contributed by atoms with Crippen molar-refractivity contribution in [2.24, 2.45) is 0 Å². The van der Waals surface area contributed by atoms with Gasteiger partial charge in [-0.15, -0.1) is 0 Å². The molecule has 0 rings (SSSR count). The highest BCUT2D eigenvalue weighted by Gasteiger charge is 1.50. The molecule has 0 aliphatic heterocycles. The Bertz CT molecular complexity index is 14.4. The zero-order chi connectivity index (χ0) is 4.12. The molecule has 0 aromatic carbocycles. The van der Waals surface area contributed by atoms with Gasteiger partial charge in [0.1, 0.15) is 0 Å². The van der Waals surface area contributed by atoms with Crippen LogP contribution in [0.4, 0.5) is 0 Å². The molecular weight excluding hydrogens is 50.0 g/mol. The quantitative estimate of drug-likeness (QED) is 0.456. The Kier molecular flexibility index (Phi) is 1.64. The normalized spacial score (nSPS) is 10.8. The monoisotopic (exact) mass is 60.1 g/mol. The van der Waals surface area contributed by atoms with Gasteiger partial charge in [0, 0.05) is 1.37 Å². The largest absolute Gasteiger partial charge is 0.320 e. The van der Waals surface area contributed by atoms with Crippen LogP contribution in [0.5, 0.6) is 0 Å². The zero-order valence-corrected chi connectivity index (χ0v) is 2.91. The fraction of sp³-hybridized carbons (Fsp3) is 1.00. The lowest BCUT2D eigenvalue weighted by Crippen LogP contribution is -2.01. The van der Waals surface area contributed by atoms with Crippen LogP contribution in [0.15, 0.2) is 0 Å². The number of hydrogen-bond donors (Lipinski definition) is 1. The van der Waals surface area contributed by atoms with Crippen LogP contribution in [0, 0.1) is 0 Å². The molecule has 0 unspecified atom stereocenters. The van der Waals surface area contributed by atoms with E-state index >= 15 is 0 Å². The summed E-state index contributed by atoms with van der Waals surface area (Å²) in [6.07, 6.45) is 0. The van der Waals surface area contributed by atoms with E-state index in [4.69, 9.17) is 1.37 Å². The summed E-state index contributed by atoms with van der Waals surface area (Å²) >= 11 is 0. The zero-order valence-electron chi connectivity index (χ0n) is 3.91. The standard InChI is InChI=1S/C3H9N/c1-3-4-2/h4H,3H2,1-2H3/i1D. The van der Waals surface area contributed by atoms with Crippen molar-refractivity contribution in [1.82, 2.24) is 5.32 Å². The van der Waals surface area contributed by atoms with Crippen molar-refractivity contribution in [2.75, 3.05) is 13.6 Å². The SMILES string of the molecule is [2H]CCNC. The van der Waals surface area contributed by atoms with Crippen LogP contribution in [0.2, 0.25) is 0 Å². The van der Waals surface area contributed by atoms with E-state index in [1.165, 1.54) is 0 Å². The third-order valence-electron chi connectivity index (χ3n) is 0.250. The van der Waals surface area contributed by atoms with Crippen molar-refractivity contribution in [3.05, 3.63) is 0 Å². The molecule has 0 radical (unpaired) electrons. The summed E-state index contributed by atoms with van der Waals surface area (Å²) in [7, 11) is 1.84. The first-order valence-corrected chi connectivity index (χ1v) is 1.35. The molecule has 0 spiro atoms. The van der Waals surface area contributed by atoms with Gasteiger partial charge < -0.3 is 5.32 Å². The summed E-state index contributed by atoms with van der Waals surface area (Å²) in [6.45, 7) is 1.29. The minimum absolute atomic E-state index is 0.483. The van der Waals surface area contributed by atoms with E-state index in [9.17, 15) is 0 Å². The first kappa shape index (κ1) is 2.21. The summed E-state index contributed by atoms with van der Waals surface area (Å²) in [6, 6.07) is 0. The molecule has 1 nitrogen and oxygen atoms in total. The smallest absolute Gasteiger partial charge is 0.0243 e. The van der Waals surface area contributed by atoms with Crippen LogP contribution in [0.25, 0.3) is 0 Å². The summed E-state index contributed by atoms with van der Waals surface area (Å²) < 4.78 is 6.54. The van der Waals surface area contributed by atoms with Crippen LogP contribution >= 0.6 is 0 Å². The molecule has 0 atom stereocenters. The minimum Gasteiger partial charge on any atom is -0.320 e. The molecule has 0 aromatic rings. The molecule has 0 fully saturated rings. The average molecular weight is 60.1 g/mol. The van der Waals surface area contributed by atoms with Gasteiger partial charge in [-0.25, -0.2) is 0 Å². The number of rotatable bonds is 1. The number of hydrogen-bond acceptors (Lipinski definition) is 1. The topological polar surface area (TPSA) is 12.0 Å². The van der Waals surface area contributed by atoms with Crippen molar-refractivity contribution < 1.29 is 1.37 Å². The Morgan fingerprint density at radius 3 is 3.00 bits per heavy atom. The molecule has 26 valence electrons. The second-order valence-electron chi connectivity index (χ2n) is 0.604. The number of nitrogens with one attached hydrogen (secondary N) is 1. The van der Waals surface area contributed by atoms with Crippen LogP contribution < -0.4 is 5.32 Å². The van der Waals surface area contributed by atoms with E-state index in [-0.39, 0.29) is 0 Å². The molecule has 0 saturated heterocycles. The fourth-order valence-corrected chi connectivity index (χ4v) is 0. The van der Waals surface area contributed by atoms with Gasteiger partial charge in [0.15, 0.2) is 0 Å². The highest BCUT2D eigenvalue weighted by Crippen LogP contribution is 1.34. The lowest BCUT2D eigenvalue weighted by molar-refractivity contribution is 0.864. The summed E-state index contributed by atoms with van der Waals surface area (Å²) in [4.78, 5) is 0. The average Bonchev–Trinajstić information content (AvgIpc) is 1.41. The maximum Gasteiger partial charge on any atom is 0.0243 e. The molecule has 0 heterocycles. The Morgan fingerprint density at radius 2 is 3.00 bits per heavy atom. The molecule has 0 aliphatic rings. The highest BCUT2D eigenvalue weighted by molar-refractivity contribution is 4.15. The lowest BCUT2D eigenvalue weighted by Gasteiger charge is -1.76. The Morgan fingerprint density at radius 1 is 2.25 bits per heavy atom. The van der Waals surface area contributed by atoms with Crippen molar-refractivity contribution in [3.63, 3.8) is 0 Å². The van der Waals surface area contributed by atoms with E-state index in [0.29, 0.717) is 6.90 Å². The van der Waals surface area contributed by atoms with Gasteiger partial charge in [-0.1, -0.05) is 6.90 Å². The van der Waals surface area contributed by atoms with Gasteiger partial charge >= 0.3 is 0 Å². The molecule has 0 aliphatic carbocycles. The summed E-state index contributed by atoms with van der Waals surface area (Å²) in [5.41, 5.74) is 0. The summed E-state index contributed by atoms with van der Waals surface area (Å²) in [5.74, 6) is 0. The van der Waals surface area contributed by atoms with Crippen LogP contribution in [-0.2, 0) is 0 Å². The summed E-state index contributed by atoms with van der Waals surface area (Å²) in [5, 5.41) is 2.83. The highest BCUT2D eigenvalue weighted by atomic mass is 14.8. The first-order valence-electron chi connectivity index (χ1n) is 2.06. The van der Waals surface area contributed by atoms with E-state index in [1.54, 1.807) is 0 Å². The fourth-order valence-electron chi connectivity index (χ4n) is 0. The molecular formula is C3H9N. The molecule has 0 saturated carbocycles. The Hall–Kier alpha value is -0.0400. The first-order chi connectivity index (χ1) is 2.41. The van der Waals surface area contributed by atoms with Gasteiger partial charge in [0.2, 0.25) is 0 Å². The van der Waals surface area contributed by atoms with E-state index in [0.717, 1.165) is 6.54 Å². The Labute approximate surface area is 28.4 Å². The third kappa shape index (κ3) is 1.96. The second-order valence-corrected chi connectivity index (χ2v) is 0.604. The van der Waals surface area contributed by atoms with Crippen molar-refractivity contribution in [1.29, 1.82) is 0 Å². The predicted octanol–water partition coefficient (Wildman–Crippen LogP) is 0.226. The van der Waals surface area contributed by atoms with E-state index in [1.807, 2.05) is 7.05 Å². The molecule has 0 bridgehead atoms. The van der Waals surface area contributed by atoms with Crippen LogP contribution in [-0.4, -0.2) is 13.6 Å². The van der Waals surface area contributed by atoms with Crippen molar-refractivity contribution in [2.45, 2.75) is 6.90 Å². The minimum atomic E-state index is 0.483. The third-order valence-corrected chi connectivity index (χ3v) is 0.250. The molecule has 4 heavy (non-hydrogen) atoms. The molecule has 1 heteroatoms. The molecule has 0 amide bonds. The lowest BCUT2D eigenvalue weighted by atomic mass is 10.8. The van der Waals surface area contributed by atoms with Gasteiger partial charge in [-0.05, 0) is 13.6 Å². The maximum absolute atomic E-state index is 6.54. The van der Waals surface area contributed by atoms with Gasteiger partial charge in [-0.2, -0.15) is 0 Å². The van der Waals surface area contributed by atoms with Crippen LogP contribution in [0.1, 0.15) is 8.27 Å². The van der Waals surface area contributed by atoms with Gasteiger partial charge in [0.25, 0.3) is 0 Å².